The van der Waals surface area contributed by atoms with Crippen LogP contribution in [0.4, 0.5) is 11.8 Å². The number of rotatable bonds is 7. The lowest BCUT2D eigenvalue weighted by molar-refractivity contribution is 0.00223. The Kier molecular flexibility index (Phi) is 5.79. The molecular formula is C16H28N4O. The molecule has 3 N–H and O–H groups in total. The molecule has 0 amide bonds. The molecule has 1 heterocycles. The highest BCUT2D eigenvalue weighted by atomic mass is 16.3. The Hall–Kier alpha value is -1.36. The van der Waals surface area contributed by atoms with E-state index in [1.54, 1.807) is 6.20 Å². The van der Waals surface area contributed by atoms with Crippen molar-refractivity contribution in [2.45, 2.75) is 58.0 Å². The SMILES string of the molecule is CCCNc1nccc(NCC2(O)CCC(CC)CC2)n1. The zero-order valence-corrected chi connectivity index (χ0v) is 13.2. The minimum atomic E-state index is -0.590. The molecule has 1 saturated carbocycles. The van der Waals surface area contributed by atoms with Gasteiger partial charge in [-0.2, -0.15) is 4.98 Å². The number of aliphatic hydroxyl groups is 1. The van der Waals surface area contributed by atoms with Gasteiger partial charge in [-0.05, 0) is 44.1 Å². The molecule has 0 unspecified atom stereocenters. The molecule has 0 radical (unpaired) electrons. The maximum absolute atomic E-state index is 10.6. The smallest absolute Gasteiger partial charge is 0.224 e. The fourth-order valence-corrected chi connectivity index (χ4v) is 2.83. The van der Waals surface area contributed by atoms with Gasteiger partial charge in [-0.15, -0.1) is 0 Å². The van der Waals surface area contributed by atoms with Crippen molar-refractivity contribution in [1.82, 2.24) is 9.97 Å². The molecule has 0 saturated heterocycles. The maximum atomic E-state index is 10.6. The van der Waals surface area contributed by atoms with Gasteiger partial charge in [0.1, 0.15) is 5.82 Å². The van der Waals surface area contributed by atoms with E-state index in [-0.39, 0.29) is 0 Å². The van der Waals surface area contributed by atoms with E-state index in [1.807, 2.05) is 6.07 Å². The average molecular weight is 292 g/mol. The van der Waals surface area contributed by atoms with Crippen molar-refractivity contribution in [1.29, 1.82) is 0 Å². The average Bonchev–Trinajstić information content (AvgIpc) is 2.52. The number of anilines is 2. The minimum absolute atomic E-state index is 0.563. The second-order valence-electron chi connectivity index (χ2n) is 6.12. The molecule has 0 aliphatic heterocycles. The number of aromatic nitrogens is 2. The summed E-state index contributed by atoms with van der Waals surface area (Å²) >= 11 is 0. The molecule has 0 atom stereocenters. The number of hydrogen-bond donors (Lipinski definition) is 3. The van der Waals surface area contributed by atoms with Crippen LogP contribution in [0.25, 0.3) is 0 Å². The van der Waals surface area contributed by atoms with Crippen LogP contribution in [-0.2, 0) is 0 Å². The second-order valence-corrected chi connectivity index (χ2v) is 6.12. The lowest BCUT2D eigenvalue weighted by atomic mass is 9.78. The van der Waals surface area contributed by atoms with Crippen LogP contribution in [0.15, 0.2) is 12.3 Å². The molecule has 0 bridgehead atoms. The van der Waals surface area contributed by atoms with Gasteiger partial charge in [0.15, 0.2) is 0 Å². The third-order valence-electron chi connectivity index (χ3n) is 4.40. The van der Waals surface area contributed by atoms with Gasteiger partial charge in [0.2, 0.25) is 5.95 Å². The van der Waals surface area contributed by atoms with Gasteiger partial charge in [-0.3, -0.25) is 0 Å². The Morgan fingerprint density at radius 3 is 2.71 bits per heavy atom. The fourth-order valence-electron chi connectivity index (χ4n) is 2.83. The highest BCUT2D eigenvalue weighted by molar-refractivity contribution is 5.39. The summed E-state index contributed by atoms with van der Waals surface area (Å²) in [5.74, 6) is 2.20. The van der Waals surface area contributed by atoms with Crippen LogP contribution in [0, 0.1) is 5.92 Å². The monoisotopic (exact) mass is 292 g/mol. The highest BCUT2D eigenvalue weighted by Crippen LogP contribution is 2.33. The van der Waals surface area contributed by atoms with E-state index in [9.17, 15) is 5.11 Å². The zero-order chi connectivity index (χ0) is 15.1. The van der Waals surface area contributed by atoms with Gasteiger partial charge in [-0.1, -0.05) is 20.3 Å². The van der Waals surface area contributed by atoms with Crippen molar-refractivity contribution >= 4 is 11.8 Å². The summed E-state index contributed by atoms with van der Waals surface area (Å²) in [6, 6.07) is 1.85. The summed E-state index contributed by atoms with van der Waals surface area (Å²) in [5.41, 5.74) is -0.590. The summed E-state index contributed by atoms with van der Waals surface area (Å²) in [5, 5.41) is 17.1. The molecule has 1 fully saturated rings. The van der Waals surface area contributed by atoms with Crippen LogP contribution in [-0.4, -0.2) is 33.8 Å². The Balaban J connectivity index is 1.85. The minimum Gasteiger partial charge on any atom is -0.388 e. The molecule has 1 aliphatic carbocycles. The topological polar surface area (TPSA) is 70.1 Å². The molecule has 1 aromatic rings. The van der Waals surface area contributed by atoms with Crippen molar-refractivity contribution in [2.75, 3.05) is 23.7 Å². The molecule has 1 aliphatic rings. The lowest BCUT2D eigenvalue weighted by Gasteiger charge is -2.36. The number of nitrogens with zero attached hydrogens (tertiary/aromatic N) is 2. The fraction of sp³-hybridized carbons (Fsp3) is 0.750. The van der Waals surface area contributed by atoms with Crippen LogP contribution >= 0.6 is 0 Å². The first-order chi connectivity index (χ1) is 10.1. The molecule has 2 rings (SSSR count). The third kappa shape index (κ3) is 4.84. The quantitative estimate of drug-likeness (QED) is 0.720. The lowest BCUT2D eigenvalue weighted by Crippen LogP contribution is -2.40. The molecule has 5 heteroatoms. The predicted molar refractivity (Wildman–Crippen MR) is 86.5 cm³/mol. The summed E-state index contributed by atoms with van der Waals surface area (Å²) < 4.78 is 0. The Bertz CT molecular complexity index is 430. The Morgan fingerprint density at radius 2 is 2.05 bits per heavy atom. The summed E-state index contributed by atoms with van der Waals surface area (Å²) in [6.07, 6.45) is 8.02. The number of nitrogens with one attached hydrogen (secondary N) is 2. The van der Waals surface area contributed by atoms with Crippen molar-refractivity contribution in [2.24, 2.45) is 5.92 Å². The largest absolute Gasteiger partial charge is 0.388 e. The van der Waals surface area contributed by atoms with E-state index < -0.39 is 5.60 Å². The second kappa shape index (κ2) is 7.59. The van der Waals surface area contributed by atoms with Crippen LogP contribution in [0.5, 0.6) is 0 Å². The first kappa shape index (κ1) is 16.0. The van der Waals surface area contributed by atoms with Crippen molar-refractivity contribution in [3.8, 4) is 0 Å². The number of hydrogen-bond acceptors (Lipinski definition) is 5. The van der Waals surface area contributed by atoms with E-state index in [1.165, 1.54) is 6.42 Å². The molecule has 118 valence electrons. The normalized spacial score (nSPS) is 25.6. The Morgan fingerprint density at radius 1 is 1.29 bits per heavy atom. The van der Waals surface area contributed by atoms with E-state index in [2.05, 4.69) is 34.4 Å². The van der Waals surface area contributed by atoms with E-state index >= 15 is 0 Å². The van der Waals surface area contributed by atoms with Crippen LogP contribution in [0.1, 0.15) is 52.4 Å². The van der Waals surface area contributed by atoms with E-state index in [4.69, 9.17) is 0 Å². The standard InChI is InChI=1S/C16H28N4O/c1-3-10-17-15-18-11-7-14(20-15)19-12-16(21)8-5-13(4-2)6-9-16/h7,11,13,21H,3-6,8-10,12H2,1-2H3,(H2,17,18,19,20). The Labute approximate surface area is 127 Å². The maximum Gasteiger partial charge on any atom is 0.224 e. The molecule has 0 spiro atoms. The van der Waals surface area contributed by atoms with Crippen LogP contribution in [0.2, 0.25) is 0 Å². The van der Waals surface area contributed by atoms with Crippen molar-refractivity contribution in [3.63, 3.8) is 0 Å². The van der Waals surface area contributed by atoms with Crippen LogP contribution < -0.4 is 10.6 Å². The zero-order valence-electron chi connectivity index (χ0n) is 13.2. The molecule has 1 aromatic heterocycles. The first-order valence-electron chi connectivity index (χ1n) is 8.18. The summed E-state index contributed by atoms with van der Waals surface area (Å²) in [6.45, 7) is 5.77. The van der Waals surface area contributed by atoms with Gasteiger partial charge in [0, 0.05) is 19.3 Å². The van der Waals surface area contributed by atoms with Crippen molar-refractivity contribution in [3.05, 3.63) is 12.3 Å². The van der Waals surface area contributed by atoms with Gasteiger partial charge in [0.05, 0.1) is 5.60 Å². The van der Waals surface area contributed by atoms with E-state index in [0.29, 0.717) is 12.5 Å². The van der Waals surface area contributed by atoms with Gasteiger partial charge >= 0.3 is 0 Å². The van der Waals surface area contributed by atoms with Gasteiger partial charge in [-0.25, -0.2) is 4.98 Å². The first-order valence-corrected chi connectivity index (χ1v) is 8.18. The van der Waals surface area contributed by atoms with E-state index in [0.717, 1.165) is 50.4 Å². The van der Waals surface area contributed by atoms with Gasteiger partial charge in [0.25, 0.3) is 0 Å². The van der Waals surface area contributed by atoms with Crippen LogP contribution in [0.3, 0.4) is 0 Å². The molecule has 21 heavy (non-hydrogen) atoms. The predicted octanol–water partition coefficient (Wildman–Crippen LogP) is 3.04. The molecule has 5 nitrogen and oxygen atoms in total. The molecular weight excluding hydrogens is 264 g/mol. The highest BCUT2D eigenvalue weighted by Gasteiger charge is 2.32. The molecule has 0 aromatic carbocycles. The summed E-state index contributed by atoms with van der Waals surface area (Å²) in [4.78, 5) is 8.60. The third-order valence-corrected chi connectivity index (χ3v) is 4.40. The van der Waals surface area contributed by atoms with Crippen molar-refractivity contribution < 1.29 is 5.11 Å². The van der Waals surface area contributed by atoms with Gasteiger partial charge < -0.3 is 15.7 Å². The summed E-state index contributed by atoms with van der Waals surface area (Å²) in [7, 11) is 0.